The lowest BCUT2D eigenvalue weighted by atomic mass is 9.89. The van der Waals surface area contributed by atoms with Gasteiger partial charge in [-0.15, -0.1) is 0 Å². The van der Waals surface area contributed by atoms with Crippen molar-refractivity contribution in [1.29, 1.82) is 0 Å². The fraction of sp³-hybridized carbons (Fsp3) is 0.564. The zero-order valence-electron chi connectivity index (χ0n) is 30.9. The molecule has 3 aliphatic heterocycles. The maximum absolute atomic E-state index is 13.7. The number of ether oxygens (including phenoxy) is 1. The molecular formula is C39H53N7O3S. The molecule has 0 aliphatic carbocycles. The van der Waals surface area contributed by atoms with Gasteiger partial charge in [0.05, 0.1) is 17.3 Å². The molecule has 50 heavy (non-hydrogen) atoms. The largest absolute Gasteiger partial charge is 0.444 e. The van der Waals surface area contributed by atoms with Gasteiger partial charge in [-0.25, -0.2) is 14.8 Å². The number of fused-ring (bicyclic) bond motifs is 6. The van der Waals surface area contributed by atoms with Crippen molar-refractivity contribution in [2.24, 2.45) is 5.92 Å². The minimum absolute atomic E-state index is 0.0411. The molecule has 2 saturated heterocycles. The normalized spacial score (nSPS) is 21.7. The van der Waals surface area contributed by atoms with Crippen molar-refractivity contribution in [2.45, 2.75) is 121 Å². The number of likely N-dealkylation sites (tertiary alicyclic amines) is 1. The van der Waals surface area contributed by atoms with Gasteiger partial charge >= 0.3 is 6.09 Å². The number of anilines is 2. The molecule has 2 atom stereocenters. The first-order valence-electron chi connectivity index (χ1n) is 18.0. The summed E-state index contributed by atoms with van der Waals surface area (Å²) in [7, 11) is 0. The summed E-state index contributed by atoms with van der Waals surface area (Å²) in [5, 5.41) is 4.38. The van der Waals surface area contributed by atoms with Crippen molar-refractivity contribution >= 4 is 35.6 Å². The topological polar surface area (TPSA) is 113 Å². The molecule has 11 heteroatoms. The summed E-state index contributed by atoms with van der Waals surface area (Å²) in [4.78, 5) is 45.5. The molecule has 2 N–H and O–H groups in total. The van der Waals surface area contributed by atoms with Crippen molar-refractivity contribution in [3.05, 3.63) is 71.2 Å². The molecule has 10 nitrogen and oxygen atoms in total. The van der Waals surface area contributed by atoms with E-state index in [2.05, 4.69) is 61.7 Å². The Morgan fingerprint density at radius 2 is 1.72 bits per heavy atom. The Hall–Kier alpha value is -3.86. The average Bonchev–Trinajstić information content (AvgIpc) is 3.37. The predicted molar refractivity (Wildman–Crippen MR) is 200 cm³/mol. The summed E-state index contributed by atoms with van der Waals surface area (Å²) in [6, 6.07) is 14.1. The maximum Gasteiger partial charge on any atom is 0.410 e. The van der Waals surface area contributed by atoms with Gasteiger partial charge in [0.15, 0.2) is 0 Å². The molecule has 0 spiro atoms. The van der Waals surface area contributed by atoms with Crippen molar-refractivity contribution in [2.75, 3.05) is 29.9 Å². The number of nitrogens with one attached hydrogen (secondary N) is 2. The second-order valence-electron chi connectivity index (χ2n) is 16.7. The summed E-state index contributed by atoms with van der Waals surface area (Å²) < 4.78 is 8.63. The van der Waals surface area contributed by atoms with Crippen molar-refractivity contribution < 1.29 is 14.3 Å². The number of hydrogen-bond acceptors (Lipinski definition) is 9. The highest BCUT2D eigenvalue weighted by Gasteiger charge is 2.41. The molecule has 6 rings (SSSR count). The summed E-state index contributed by atoms with van der Waals surface area (Å²) in [5.74, 6) is 2.09. The molecule has 3 aliphatic rings. The predicted octanol–water partition coefficient (Wildman–Crippen LogP) is 8.27. The van der Waals surface area contributed by atoms with Gasteiger partial charge in [-0.3, -0.25) is 14.5 Å². The Morgan fingerprint density at radius 3 is 2.40 bits per heavy atom. The zero-order valence-corrected chi connectivity index (χ0v) is 31.7. The van der Waals surface area contributed by atoms with Crippen LogP contribution in [-0.4, -0.2) is 62.6 Å². The van der Waals surface area contributed by atoms with E-state index in [-0.39, 0.29) is 29.0 Å². The van der Waals surface area contributed by atoms with E-state index < -0.39 is 5.60 Å². The third-order valence-electron chi connectivity index (χ3n) is 10.0. The van der Waals surface area contributed by atoms with Gasteiger partial charge in [0.1, 0.15) is 22.3 Å². The molecule has 0 aromatic carbocycles. The Kier molecular flexibility index (Phi) is 10.1. The standard InChI is InChI=1S/C39H53N7O3S/c1-37(2,3)31-17-14-28-34(42-31)46-24-25(22-39(46,7)8)12-15-30(41-32-10-9-11-33(43-32)50-44-35(28)47)29-16-13-27(23-40-29)26-18-20-45(21-19-26)36(48)49-38(4,5)6/h9-11,13-14,16-17,23,25-26,30H,12,15,18-22,24H2,1-8H3,(H,41,43)(H,44,47)/t25-,30?/m0/s1. The second-order valence-corrected chi connectivity index (χ2v) is 17.6. The number of nitrogens with zero attached hydrogens (tertiary/aromatic N) is 5. The molecule has 6 heterocycles. The highest BCUT2D eigenvalue weighted by Crippen LogP contribution is 2.41. The van der Waals surface area contributed by atoms with Gasteiger partial charge in [-0.2, -0.15) is 0 Å². The summed E-state index contributed by atoms with van der Waals surface area (Å²) in [5.41, 5.74) is 2.93. The molecular weight excluding hydrogens is 647 g/mol. The molecule has 2 amide bonds. The second kappa shape index (κ2) is 14.0. The van der Waals surface area contributed by atoms with Gasteiger partial charge in [-0.05, 0) is 114 Å². The van der Waals surface area contributed by atoms with Crippen LogP contribution in [0, 0.1) is 5.92 Å². The molecule has 4 bridgehead atoms. The van der Waals surface area contributed by atoms with E-state index in [1.165, 1.54) is 17.5 Å². The number of aromatic nitrogens is 3. The zero-order chi connectivity index (χ0) is 35.8. The monoisotopic (exact) mass is 699 g/mol. The van der Waals surface area contributed by atoms with E-state index in [0.29, 0.717) is 35.5 Å². The van der Waals surface area contributed by atoms with Gasteiger partial charge < -0.3 is 19.9 Å². The molecule has 3 aromatic heterocycles. The Labute approximate surface area is 301 Å². The van der Waals surface area contributed by atoms with E-state index in [1.807, 2.05) is 62.2 Å². The summed E-state index contributed by atoms with van der Waals surface area (Å²) >= 11 is 1.22. The number of carbonyl (C=O) groups excluding carboxylic acids is 2. The Balaban J connectivity index is 1.23. The lowest BCUT2D eigenvalue weighted by molar-refractivity contribution is 0.0204. The van der Waals surface area contributed by atoms with Crippen molar-refractivity contribution in [3.63, 3.8) is 0 Å². The van der Waals surface area contributed by atoms with E-state index in [1.54, 1.807) is 0 Å². The van der Waals surface area contributed by atoms with Crippen LogP contribution < -0.4 is 14.9 Å². The average molecular weight is 700 g/mol. The van der Waals surface area contributed by atoms with E-state index >= 15 is 0 Å². The van der Waals surface area contributed by atoms with Crippen LogP contribution in [0.15, 0.2) is 53.7 Å². The van der Waals surface area contributed by atoms with Crippen LogP contribution in [0.5, 0.6) is 0 Å². The smallest absolute Gasteiger partial charge is 0.410 e. The van der Waals surface area contributed by atoms with Crippen LogP contribution >= 0.6 is 11.9 Å². The first kappa shape index (κ1) is 35.9. The van der Waals surface area contributed by atoms with Crippen molar-refractivity contribution in [3.8, 4) is 0 Å². The number of carbonyl (C=O) groups is 2. The fourth-order valence-corrected chi connectivity index (χ4v) is 7.97. The van der Waals surface area contributed by atoms with E-state index in [9.17, 15) is 9.59 Å². The molecule has 1 unspecified atom stereocenters. The van der Waals surface area contributed by atoms with Gasteiger partial charge in [0.25, 0.3) is 5.91 Å². The molecule has 268 valence electrons. The fourth-order valence-electron chi connectivity index (χ4n) is 7.37. The quantitative estimate of drug-likeness (QED) is 0.255. The van der Waals surface area contributed by atoms with Gasteiger partial charge in [0, 0.05) is 54.4 Å². The van der Waals surface area contributed by atoms with Gasteiger partial charge in [-0.1, -0.05) is 32.9 Å². The first-order chi connectivity index (χ1) is 23.6. The Morgan fingerprint density at radius 1 is 0.960 bits per heavy atom. The number of piperidine rings is 1. The summed E-state index contributed by atoms with van der Waals surface area (Å²) in [6.07, 6.45) is 6.42. The van der Waals surface area contributed by atoms with Crippen molar-refractivity contribution in [1.82, 2.24) is 24.6 Å². The number of hydrogen-bond donors (Lipinski definition) is 2. The maximum atomic E-state index is 13.7. The third-order valence-corrected chi connectivity index (χ3v) is 10.8. The van der Waals surface area contributed by atoms with E-state index in [0.717, 1.165) is 61.7 Å². The number of amides is 2. The molecule has 0 saturated carbocycles. The Bertz CT molecular complexity index is 1690. The van der Waals surface area contributed by atoms with Crippen LogP contribution in [0.1, 0.15) is 127 Å². The lowest BCUT2D eigenvalue weighted by Gasteiger charge is -2.34. The first-order valence-corrected chi connectivity index (χ1v) is 18.8. The SMILES string of the molecule is CC(C)(C)OC(=O)N1CCC(c2ccc(C3CC[C@@H]4CN(c5nc(C(C)(C)C)ccc5C(=O)NSc5cccc(n5)N3)C(C)(C)C4)nc2)CC1. The minimum atomic E-state index is -0.495. The number of rotatable bonds is 2. The van der Waals surface area contributed by atoms with Crippen LogP contribution in [0.2, 0.25) is 0 Å². The lowest BCUT2D eigenvalue weighted by Crippen LogP contribution is -2.41. The van der Waals surface area contributed by atoms with Crippen LogP contribution in [0.4, 0.5) is 16.4 Å². The molecule has 2 fully saturated rings. The molecule has 3 aromatic rings. The highest BCUT2D eigenvalue weighted by molar-refractivity contribution is 7.97. The van der Waals surface area contributed by atoms with Crippen LogP contribution in [0.3, 0.4) is 0 Å². The number of pyridine rings is 3. The van der Waals surface area contributed by atoms with Crippen LogP contribution in [0.25, 0.3) is 0 Å². The highest BCUT2D eigenvalue weighted by atomic mass is 32.2. The molecule has 0 radical (unpaired) electrons. The van der Waals surface area contributed by atoms with E-state index in [4.69, 9.17) is 19.7 Å². The minimum Gasteiger partial charge on any atom is -0.444 e. The third kappa shape index (κ3) is 8.36. The summed E-state index contributed by atoms with van der Waals surface area (Å²) in [6.45, 7) is 18.9. The van der Waals surface area contributed by atoms with Gasteiger partial charge in [0.2, 0.25) is 0 Å². The van der Waals surface area contributed by atoms with Crippen LogP contribution in [-0.2, 0) is 10.2 Å².